The zero-order valence-corrected chi connectivity index (χ0v) is 10.9. The monoisotopic (exact) mass is 271 g/mol. The fourth-order valence-electron chi connectivity index (χ4n) is 2.23. The summed E-state index contributed by atoms with van der Waals surface area (Å²) in [6.07, 6.45) is 0. The molecular weight excluding hydrogens is 257 g/mol. The third-order valence-electron chi connectivity index (χ3n) is 3.25. The largest absolute Gasteiger partial charge is 0.378 e. The molecule has 1 heterocycles. The maximum Gasteiger partial charge on any atom is 0.323 e. The van der Waals surface area contributed by atoms with Crippen molar-refractivity contribution in [2.75, 3.05) is 5.32 Å². The average Bonchev–Trinajstić information content (AvgIpc) is 2.78. The van der Waals surface area contributed by atoms with Crippen molar-refractivity contribution >= 4 is 16.7 Å². The first kappa shape index (κ1) is 12.5. The molecule has 0 spiro atoms. The number of hydrogen-bond donors (Lipinski definition) is 3. The quantitative estimate of drug-likeness (QED) is 0.685. The minimum absolute atomic E-state index is 0.0335. The Labute approximate surface area is 114 Å². The standard InChI is InChI=1S/C15H14FN3O/c1-9(10-3-2-4-11(16)7-10)17-12-5-6-13-14(8-12)19-15(20)18-13/h2-9,17H,1H3,(H2,18,19,20). The van der Waals surface area contributed by atoms with Crippen molar-refractivity contribution < 1.29 is 4.39 Å². The maximum atomic E-state index is 13.2. The molecule has 5 heteroatoms. The molecule has 102 valence electrons. The average molecular weight is 271 g/mol. The van der Waals surface area contributed by atoms with Gasteiger partial charge in [-0.25, -0.2) is 9.18 Å². The SMILES string of the molecule is CC(Nc1ccc2[nH]c(=O)[nH]c2c1)c1cccc(F)c1. The molecule has 0 radical (unpaired) electrons. The molecule has 1 unspecified atom stereocenters. The highest BCUT2D eigenvalue weighted by atomic mass is 19.1. The Morgan fingerprint density at radius 3 is 2.70 bits per heavy atom. The van der Waals surface area contributed by atoms with Gasteiger partial charge in [-0.1, -0.05) is 12.1 Å². The summed E-state index contributed by atoms with van der Waals surface area (Å²) >= 11 is 0. The fraction of sp³-hybridized carbons (Fsp3) is 0.133. The van der Waals surface area contributed by atoms with Crippen molar-refractivity contribution in [3.8, 4) is 0 Å². The first-order valence-electron chi connectivity index (χ1n) is 6.36. The molecule has 3 N–H and O–H groups in total. The van der Waals surface area contributed by atoms with Crippen LogP contribution < -0.4 is 11.0 Å². The Morgan fingerprint density at radius 1 is 1.10 bits per heavy atom. The number of H-pyrrole nitrogens is 2. The van der Waals surface area contributed by atoms with Gasteiger partial charge < -0.3 is 15.3 Å². The topological polar surface area (TPSA) is 60.7 Å². The van der Waals surface area contributed by atoms with Gasteiger partial charge in [-0.2, -0.15) is 0 Å². The highest BCUT2D eigenvalue weighted by Gasteiger charge is 2.07. The van der Waals surface area contributed by atoms with E-state index in [1.54, 1.807) is 6.07 Å². The predicted molar refractivity (Wildman–Crippen MR) is 77.4 cm³/mol. The lowest BCUT2D eigenvalue weighted by atomic mass is 10.1. The summed E-state index contributed by atoms with van der Waals surface area (Å²) in [6, 6.07) is 12.0. The summed E-state index contributed by atoms with van der Waals surface area (Å²) in [7, 11) is 0. The van der Waals surface area contributed by atoms with Gasteiger partial charge in [-0.05, 0) is 42.8 Å². The van der Waals surface area contributed by atoms with E-state index in [2.05, 4.69) is 15.3 Å². The molecule has 1 aromatic heterocycles. The molecule has 0 amide bonds. The number of imidazole rings is 1. The zero-order chi connectivity index (χ0) is 14.1. The minimum Gasteiger partial charge on any atom is -0.378 e. The summed E-state index contributed by atoms with van der Waals surface area (Å²) in [6.45, 7) is 1.96. The van der Waals surface area contributed by atoms with Gasteiger partial charge in [0.1, 0.15) is 5.82 Å². The van der Waals surface area contributed by atoms with Crippen LogP contribution >= 0.6 is 0 Å². The number of aromatic nitrogens is 2. The molecule has 0 aliphatic heterocycles. The Balaban J connectivity index is 1.86. The van der Waals surface area contributed by atoms with Crippen LogP contribution in [-0.4, -0.2) is 9.97 Å². The number of halogens is 1. The normalized spacial score (nSPS) is 12.5. The number of benzene rings is 2. The van der Waals surface area contributed by atoms with Crippen molar-refractivity contribution in [2.24, 2.45) is 0 Å². The lowest BCUT2D eigenvalue weighted by Gasteiger charge is -2.15. The van der Waals surface area contributed by atoms with Crippen LogP contribution in [0.25, 0.3) is 11.0 Å². The fourth-order valence-corrected chi connectivity index (χ4v) is 2.23. The van der Waals surface area contributed by atoms with Crippen molar-refractivity contribution in [1.82, 2.24) is 9.97 Å². The molecule has 0 bridgehead atoms. The van der Waals surface area contributed by atoms with Crippen LogP contribution in [0.4, 0.5) is 10.1 Å². The Morgan fingerprint density at radius 2 is 1.90 bits per heavy atom. The van der Waals surface area contributed by atoms with Crippen molar-refractivity contribution in [3.05, 3.63) is 64.3 Å². The smallest absolute Gasteiger partial charge is 0.323 e. The van der Waals surface area contributed by atoms with Gasteiger partial charge in [0.2, 0.25) is 0 Å². The van der Waals surface area contributed by atoms with Gasteiger partial charge in [0.25, 0.3) is 0 Å². The molecule has 0 aliphatic rings. The van der Waals surface area contributed by atoms with Gasteiger partial charge in [0.05, 0.1) is 11.0 Å². The second-order valence-electron chi connectivity index (χ2n) is 4.76. The summed E-state index contributed by atoms with van der Waals surface area (Å²) < 4.78 is 13.2. The number of nitrogens with one attached hydrogen (secondary N) is 3. The number of rotatable bonds is 3. The highest BCUT2D eigenvalue weighted by molar-refractivity contribution is 5.78. The Bertz CT molecular complexity index is 806. The second-order valence-corrected chi connectivity index (χ2v) is 4.76. The summed E-state index contributed by atoms with van der Waals surface area (Å²) in [5.74, 6) is -0.249. The molecule has 2 aromatic carbocycles. The molecule has 20 heavy (non-hydrogen) atoms. The van der Waals surface area contributed by atoms with Crippen molar-refractivity contribution in [2.45, 2.75) is 13.0 Å². The number of aromatic amines is 2. The van der Waals surface area contributed by atoms with Crippen LogP contribution in [0.3, 0.4) is 0 Å². The minimum atomic E-state index is -0.249. The van der Waals surface area contributed by atoms with Gasteiger partial charge in [0.15, 0.2) is 0 Å². The number of hydrogen-bond acceptors (Lipinski definition) is 2. The van der Waals surface area contributed by atoms with Crippen molar-refractivity contribution in [3.63, 3.8) is 0 Å². The predicted octanol–water partition coefficient (Wildman–Crippen LogP) is 3.17. The Kier molecular flexibility index (Phi) is 3.02. The highest BCUT2D eigenvalue weighted by Crippen LogP contribution is 2.21. The van der Waals surface area contributed by atoms with E-state index in [0.717, 1.165) is 22.3 Å². The Hall–Kier alpha value is -2.56. The first-order valence-corrected chi connectivity index (χ1v) is 6.36. The third kappa shape index (κ3) is 2.42. The molecule has 0 saturated carbocycles. The lowest BCUT2D eigenvalue weighted by molar-refractivity contribution is 0.623. The van der Waals surface area contributed by atoms with E-state index in [-0.39, 0.29) is 17.5 Å². The van der Waals surface area contributed by atoms with E-state index in [9.17, 15) is 9.18 Å². The summed E-state index contributed by atoms with van der Waals surface area (Å²) in [5, 5.41) is 3.28. The van der Waals surface area contributed by atoms with Gasteiger partial charge in [-0.3, -0.25) is 0 Å². The third-order valence-corrected chi connectivity index (χ3v) is 3.25. The van der Waals surface area contributed by atoms with E-state index >= 15 is 0 Å². The van der Waals surface area contributed by atoms with Crippen molar-refractivity contribution in [1.29, 1.82) is 0 Å². The van der Waals surface area contributed by atoms with E-state index in [4.69, 9.17) is 0 Å². The molecule has 4 nitrogen and oxygen atoms in total. The van der Waals surface area contributed by atoms with E-state index in [1.807, 2.05) is 31.2 Å². The number of fused-ring (bicyclic) bond motifs is 1. The van der Waals surface area contributed by atoms with Crippen LogP contribution in [0, 0.1) is 5.82 Å². The molecule has 3 aromatic rings. The molecule has 0 aliphatic carbocycles. The van der Waals surface area contributed by atoms with Gasteiger partial charge in [-0.15, -0.1) is 0 Å². The maximum absolute atomic E-state index is 13.2. The number of anilines is 1. The summed E-state index contributed by atoms with van der Waals surface area (Å²) in [5.41, 5.74) is 3.01. The van der Waals surface area contributed by atoms with Crippen LogP contribution in [0.1, 0.15) is 18.5 Å². The van der Waals surface area contributed by atoms with Crippen LogP contribution in [0.15, 0.2) is 47.3 Å². The molecular formula is C15H14FN3O. The van der Waals surface area contributed by atoms with Crippen LogP contribution in [0.2, 0.25) is 0 Å². The molecule has 3 rings (SSSR count). The molecule has 0 saturated heterocycles. The molecule has 0 fully saturated rings. The molecule has 1 atom stereocenters. The second kappa shape index (κ2) is 4.85. The first-order chi connectivity index (χ1) is 9.61. The van der Waals surface area contributed by atoms with Crippen LogP contribution in [-0.2, 0) is 0 Å². The lowest BCUT2D eigenvalue weighted by Crippen LogP contribution is -2.06. The van der Waals surface area contributed by atoms with E-state index < -0.39 is 0 Å². The van der Waals surface area contributed by atoms with E-state index in [1.165, 1.54) is 12.1 Å². The zero-order valence-electron chi connectivity index (χ0n) is 10.9. The van der Waals surface area contributed by atoms with Gasteiger partial charge >= 0.3 is 5.69 Å². The summed E-state index contributed by atoms with van der Waals surface area (Å²) in [4.78, 5) is 16.6. The van der Waals surface area contributed by atoms with E-state index in [0.29, 0.717) is 0 Å². The van der Waals surface area contributed by atoms with Crippen LogP contribution in [0.5, 0.6) is 0 Å². The van der Waals surface area contributed by atoms with Gasteiger partial charge in [0, 0.05) is 11.7 Å².